The SMILES string of the molecule is COCCN(Cc1cccs1)C(=O)C(C)CCCC(C)N. The maximum absolute atomic E-state index is 12.6. The Morgan fingerprint density at radius 1 is 1.43 bits per heavy atom. The third-order valence-electron chi connectivity index (χ3n) is 3.52. The molecule has 0 fully saturated rings. The lowest BCUT2D eigenvalue weighted by atomic mass is 10.0. The van der Waals surface area contributed by atoms with Crippen LogP contribution in [-0.2, 0) is 16.1 Å². The van der Waals surface area contributed by atoms with Crippen LogP contribution in [0.25, 0.3) is 0 Å². The molecule has 0 saturated carbocycles. The number of amides is 1. The molecule has 0 aliphatic carbocycles. The van der Waals surface area contributed by atoms with Crippen molar-refractivity contribution in [1.82, 2.24) is 4.90 Å². The van der Waals surface area contributed by atoms with E-state index in [9.17, 15) is 4.79 Å². The molecule has 1 rings (SSSR count). The summed E-state index contributed by atoms with van der Waals surface area (Å²) in [7, 11) is 1.67. The summed E-state index contributed by atoms with van der Waals surface area (Å²) in [5, 5.41) is 2.04. The van der Waals surface area contributed by atoms with Crippen molar-refractivity contribution >= 4 is 17.2 Å². The van der Waals surface area contributed by atoms with Crippen LogP contribution in [-0.4, -0.2) is 37.1 Å². The molecule has 120 valence electrons. The fraction of sp³-hybridized carbons (Fsp3) is 0.688. The fourth-order valence-corrected chi connectivity index (χ4v) is 2.96. The highest BCUT2D eigenvalue weighted by atomic mass is 32.1. The van der Waals surface area contributed by atoms with Crippen LogP contribution < -0.4 is 5.73 Å². The summed E-state index contributed by atoms with van der Waals surface area (Å²) in [5.74, 6) is 0.255. The Morgan fingerprint density at radius 2 is 2.19 bits per heavy atom. The lowest BCUT2D eigenvalue weighted by molar-refractivity contribution is -0.136. The van der Waals surface area contributed by atoms with Crippen LogP contribution in [0, 0.1) is 5.92 Å². The number of hydrogen-bond donors (Lipinski definition) is 1. The first-order valence-electron chi connectivity index (χ1n) is 7.60. The van der Waals surface area contributed by atoms with Gasteiger partial charge < -0.3 is 15.4 Å². The van der Waals surface area contributed by atoms with Gasteiger partial charge in [0.15, 0.2) is 0 Å². The van der Waals surface area contributed by atoms with E-state index in [2.05, 4.69) is 6.07 Å². The van der Waals surface area contributed by atoms with E-state index < -0.39 is 0 Å². The molecule has 0 bridgehead atoms. The number of ether oxygens (including phenoxy) is 1. The Bertz CT molecular complexity index is 393. The quantitative estimate of drug-likeness (QED) is 0.723. The molecule has 2 atom stereocenters. The van der Waals surface area contributed by atoms with E-state index in [1.54, 1.807) is 18.4 Å². The highest BCUT2D eigenvalue weighted by Gasteiger charge is 2.20. The fourth-order valence-electron chi connectivity index (χ4n) is 2.24. The zero-order valence-corrected chi connectivity index (χ0v) is 14.2. The minimum atomic E-state index is 0.0422. The molecule has 21 heavy (non-hydrogen) atoms. The Morgan fingerprint density at radius 3 is 2.76 bits per heavy atom. The van der Waals surface area contributed by atoms with Crippen molar-refractivity contribution in [2.45, 2.75) is 45.7 Å². The maximum atomic E-state index is 12.6. The van der Waals surface area contributed by atoms with E-state index >= 15 is 0 Å². The largest absolute Gasteiger partial charge is 0.383 e. The summed E-state index contributed by atoms with van der Waals surface area (Å²) in [6, 6.07) is 4.30. The molecule has 0 radical (unpaired) electrons. The molecule has 4 nitrogen and oxygen atoms in total. The van der Waals surface area contributed by atoms with Gasteiger partial charge in [0.2, 0.25) is 5.91 Å². The van der Waals surface area contributed by atoms with Crippen molar-refractivity contribution in [1.29, 1.82) is 0 Å². The molecule has 0 spiro atoms. The number of methoxy groups -OCH3 is 1. The van der Waals surface area contributed by atoms with Crippen LogP contribution in [0.3, 0.4) is 0 Å². The van der Waals surface area contributed by atoms with Crippen molar-refractivity contribution in [3.05, 3.63) is 22.4 Å². The molecule has 0 aliphatic rings. The zero-order valence-electron chi connectivity index (χ0n) is 13.4. The van der Waals surface area contributed by atoms with Crippen molar-refractivity contribution in [2.24, 2.45) is 11.7 Å². The van der Waals surface area contributed by atoms with Gasteiger partial charge >= 0.3 is 0 Å². The van der Waals surface area contributed by atoms with E-state index in [0.717, 1.165) is 19.3 Å². The van der Waals surface area contributed by atoms with Crippen LogP contribution >= 0.6 is 11.3 Å². The molecular formula is C16H28N2O2S. The van der Waals surface area contributed by atoms with Gasteiger partial charge in [-0.15, -0.1) is 11.3 Å². The lowest BCUT2D eigenvalue weighted by Gasteiger charge is -2.25. The summed E-state index contributed by atoms with van der Waals surface area (Å²) < 4.78 is 5.13. The Hall–Kier alpha value is -0.910. The highest BCUT2D eigenvalue weighted by Crippen LogP contribution is 2.17. The molecular weight excluding hydrogens is 284 g/mol. The molecule has 5 heteroatoms. The van der Waals surface area contributed by atoms with E-state index in [-0.39, 0.29) is 17.9 Å². The van der Waals surface area contributed by atoms with E-state index in [0.29, 0.717) is 19.7 Å². The topological polar surface area (TPSA) is 55.6 Å². The third-order valence-corrected chi connectivity index (χ3v) is 4.38. The van der Waals surface area contributed by atoms with Gasteiger partial charge in [-0.3, -0.25) is 4.79 Å². The van der Waals surface area contributed by atoms with Crippen LogP contribution in [0.2, 0.25) is 0 Å². The van der Waals surface area contributed by atoms with Crippen molar-refractivity contribution < 1.29 is 9.53 Å². The van der Waals surface area contributed by atoms with Gasteiger partial charge in [-0.25, -0.2) is 0 Å². The molecule has 1 aromatic rings. The molecule has 1 heterocycles. The number of hydrogen-bond acceptors (Lipinski definition) is 4. The van der Waals surface area contributed by atoms with Gasteiger partial charge in [-0.2, -0.15) is 0 Å². The summed E-state index contributed by atoms with van der Waals surface area (Å²) in [5.41, 5.74) is 5.76. The van der Waals surface area contributed by atoms with Crippen LogP contribution in [0.15, 0.2) is 17.5 Å². The predicted molar refractivity (Wildman–Crippen MR) is 88.3 cm³/mol. The number of nitrogens with zero attached hydrogens (tertiary/aromatic N) is 1. The molecule has 1 amide bonds. The summed E-state index contributed by atoms with van der Waals surface area (Å²) in [6.45, 7) is 5.91. The molecule has 0 aliphatic heterocycles. The first kappa shape index (κ1) is 18.1. The monoisotopic (exact) mass is 312 g/mol. The van der Waals surface area contributed by atoms with Gasteiger partial charge in [0, 0.05) is 30.5 Å². The second-order valence-electron chi connectivity index (χ2n) is 5.64. The third kappa shape index (κ3) is 7.07. The number of carbonyl (C=O) groups is 1. The number of thiophene rings is 1. The van der Waals surface area contributed by atoms with Crippen molar-refractivity contribution in [2.75, 3.05) is 20.3 Å². The van der Waals surface area contributed by atoms with Crippen LogP contribution in [0.4, 0.5) is 0 Å². The normalized spacial score (nSPS) is 13.9. The van der Waals surface area contributed by atoms with E-state index in [4.69, 9.17) is 10.5 Å². The highest BCUT2D eigenvalue weighted by molar-refractivity contribution is 7.09. The van der Waals surface area contributed by atoms with Crippen molar-refractivity contribution in [3.8, 4) is 0 Å². The summed E-state index contributed by atoms with van der Waals surface area (Å²) >= 11 is 1.68. The minimum Gasteiger partial charge on any atom is -0.383 e. The average Bonchev–Trinajstić information content (AvgIpc) is 2.95. The Kier molecular flexibility index (Phi) is 8.57. The van der Waals surface area contributed by atoms with E-state index in [1.165, 1.54) is 4.88 Å². The smallest absolute Gasteiger partial charge is 0.225 e. The van der Waals surface area contributed by atoms with Crippen LogP contribution in [0.5, 0.6) is 0 Å². The van der Waals surface area contributed by atoms with Crippen molar-refractivity contribution in [3.63, 3.8) is 0 Å². The Balaban J connectivity index is 2.52. The molecule has 1 aromatic heterocycles. The predicted octanol–water partition coefficient (Wildman–Crippen LogP) is 2.88. The van der Waals surface area contributed by atoms with Gasteiger partial charge in [-0.05, 0) is 31.2 Å². The second kappa shape index (κ2) is 9.92. The van der Waals surface area contributed by atoms with Gasteiger partial charge in [-0.1, -0.05) is 19.4 Å². The molecule has 0 saturated heterocycles. The number of carbonyl (C=O) groups excluding carboxylic acids is 1. The summed E-state index contributed by atoms with van der Waals surface area (Å²) in [4.78, 5) is 15.7. The number of rotatable bonds is 10. The van der Waals surface area contributed by atoms with E-state index in [1.807, 2.05) is 30.2 Å². The molecule has 2 N–H and O–H groups in total. The number of nitrogens with two attached hydrogens (primary N) is 1. The standard InChI is InChI=1S/C16H28N2O2S/c1-13(6-4-7-14(2)17)16(19)18(9-10-20-3)12-15-8-5-11-21-15/h5,8,11,13-14H,4,6-7,9-10,12,17H2,1-3H3. The van der Waals surface area contributed by atoms with Crippen LogP contribution in [0.1, 0.15) is 38.0 Å². The first-order chi connectivity index (χ1) is 10.0. The van der Waals surface area contributed by atoms with Gasteiger partial charge in [0.1, 0.15) is 0 Å². The van der Waals surface area contributed by atoms with Gasteiger partial charge in [0.25, 0.3) is 0 Å². The summed E-state index contributed by atoms with van der Waals surface area (Å²) in [6.07, 6.45) is 2.87. The molecule has 0 aromatic carbocycles. The first-order valence-corrected chi connectivity index (χ1v) is 8.48. The maximum Gasteiger partial charge on any atom is 0.225 e. The Labute approximate surface area is 132 Å². The average molecular weight is 312 g/mol. The molecule has 2 unspecified atom stereocenters. The lowest BCUT2D eigenvalue weighted by Crippen LogP contribution is -2.37. The zero-order chi connectivity index (χ0) is 15.7. The minimum absolute atomic E-state index is 0.0422. The van der Waals surface area contributed by atoms with Gasteiger partial charge in [0.05, 0.1) is 13.2 Å². The second-order valence-corrected chi connectivity index (χ2v) is 6.67.